The number of morpholine rings is 1. The summed E-state index contributed by atoms with van der Waals surface area (Å²) in [7, 11) is 0. The first-order valence-electron chi connectivity index (χ1n) is 8.26. The van der Waals surface area contributed by atoms with E-state index in [1.54, 1.807) is 24.3 Å². The number of hydrogen-bond acceptors (Lipinski definition) is 4. The van der Waals surface area contributed by atoms with Crippen molar-refractivity contribution in [2.45, 2.75) is 13.2 Å². The molecule has 0 saturated carbocycles. The number of carboxylic acid groups (broad SMARTS) is 1. The van der Waals surface area contributed by atoms with Crippen LogP contribution in [0.25, 0.3) is 0 Å². The maximum absolute atomic E-state index is 13.0. The zero-order valence-electron chi connectivity index (χ0n) is 14.1. The Morgan fingerprint density at radius 3 is 2.58 bits per heavy atom. The molecule has 3 rings (SSSR count). The van der Waals surface area contributed by atoms with Gasteiger partial charge in [0, 0.05) is 24.1 Å². The quantitative estimate of drug-likeness (QED) is 0.767. The zero-order chi connectivity index (χ0) is 18.5. The number of carboxylic acids is 1. The van der Waals surface area contributed by atoms with Gasteiger partial charge >= 0.3 is 5.97 Å². The second-order valence-electron chi connectivity index (χ2n) is 6.05. The Balaban J connectivity index is 1.79. The molecule has 1 saturated heterocycles. The first kappa shape index (κ1) is 18.8. The lowest BCUT2D eigenvalue weighted by molar-refractivity contribution is 0.0340. The van der Waals surface area contributed by atoms with E-state index in [0.29, 0.717) is 25.5 Å². The van der Waals surface area contributed by atoms with Gasteiger partial charge in [-0.15, -0.1) is 0 Å². The van der Waals surface area contributed by atoms with Crippen LogP contribution in [-0.2, 0) is 17.9 Å². The first-order chi connectivity index (χ1) is 12.5. The highest BCUT2D eigenvalue weighted by Crippen LogP contribution is 2.29. The molecule has 5 nitrogen and oxygen atoms in total. The highest BCUT2D eigenvalue weighted by atomic mass is 79.9. The lowest BCUT2D eigenvalue weighted by Crippen LogP contribution is -2.35. The van der Waals surface area contributed by atoms with Crippen LogP contribution in [0.1, 0.15) is 21.5 Å². The van der Waals surface area contributed by atoms with Gasteiger partial charge in [0.15, 0.2) is 0 Å². The molecule has 1 aliphatic heterocycles. The second-order valence-corrected chi connectivity index (χ2v) is 6.90. The topological polar surface area (TPSA) is 59.0 Å². The van der Waals surface area contributed by atoms with Crippen LogP contribution in [0.2, 0.25) is 0 Å². The predicted octanol–water partition coefficient (Wildman–Crippen LogP) is 3.70. The van der Waals surface area contributed by atoms with Crippen molar-refractivity contribution in [1.82, 2.24) is 4.90 Å². The number of nitrogens with zero attached hydrogens (tertiary/aromatic N) is 1. The highest BCUT2D eigenvalue weighted by Gasteiger charge is 2.18. The summed E-state index contributed by atoms with van der Waals surface area (Å²) in [6, 6.07) is 9.25. The van der Waals surface area contributed by atoms with Gasteiger partial charge in [-0.2, -0.15) is 0 Å². The Labute approximate surface area is 159 Å². The normalized spacial score (nSPS) is 15.0. The largest absolute Gasteiger partial charge is 0.488 e. The van der Waals surface area contributed by atoms with E-state index < -0.39 is 5.97 Å². The molecule has 0 atom stereocenters. The smallest absolute Gasteiger partial charge is 0.339 e. The fourth-order valence-corrected chi connectivity index (χ4v) is 3.21. The molecule has 26 heavy (non-hydrogen) atoms. The van der Waals surface area contributed by atoms with E-state index in [2.05, 4.69) is 20.8 Å². The van der Waals surface area contributed by atoms with Crippen molar-refractivity contribution in [3.05, 3.63) is 63.4 Å². The number of benzene rings is 2. The molecule has 0 radical (unpaired) electrons. The third kappa shape index (κ3) is 4.81. The van der Waals surface area contributed by atoms with Crippen molar-refractivity contribution in [2.24, 2.45) is 0 Å². The first-order valence-corrected chi connectivity index (χ1v) is 9.05. The minimum atomic E-state index is -1.06. The van der Waals surface area contributed by atoms with Crippen LogP contribution in [-0.4, -0.2) is 42.3 Å². The van der Waals surface area contributed by atoms with Crippen LogP contribution in [0, 0.1) is 5.82 Å². The van der Waals surface area contributed by atoms with Crippen molar-refractivity contribution in [2.75, 3.05) is 26.3 Å². The molecule has 0 aromatic heterocycles. The van der Waals surface area contributed by atoms with E-state index in [1.807, 2.05) is 0 Å². The van der Waals surface area contributed by atoms with Crippen LogP contribution < -0.4 is 4.74 Å². The van der Waals surface area contributed by atoms with Gasteiger partial charge in [0.25, 0.3) is 0 Å². The van der Waals surface area contributed by atoms with Crippen molar-refractivity contribution in [3.8, 4) is 5.75 Å². The molecule has 1 aliphatic rings. The van der Waals surface area contributed by atoms with Gasteiger partial charge in [0.2, 0.25) is 0 Å². The molecular formula is C19H19BrFNO4. The van der Waals surface area contributed by atoms with Gasteiger partial charge in [-0.25, -0.2) is 9.18 Å². The van der Waals surface area contributed by atoms with Gasteiger partial charge in [-0.1, -0.05) is 28.1 Å². The summed E-state index contributed by atoms with van der Waals surface area (Å²) in [5.74, 6) is -1.08. The number of aromatic carboxylic acids is 1. The average Bonchev–Trinajstić information content (AvgIpc) is 2.64. The van der Waals surface area contributed by atoms with E-state index in [-0.39, 0.29) is 18.0 Å². The van der Waals surface area contributed by atoms with Crippen LogP contribution in [0.4, 0.5) is 4.39 Å². The van der Waals surface area contributed by atoms with Crippen LogP contribution in [0.3, 0.4) is 0 Å². The third-order valence-electron chi connectivity index (χ3n) is 4.18. The molecule has 1 heterocycles. The summed E-state index contributed by atoms with van der Waals surface area (Å²) in [5.41, 5.74) is 1.80. The van der Waals surface area contributed by atoms with Crippen molar-refractivity contribution in [3.63, 3.8) is 0 Å². The summed E-state index contributed by atoms with van der Waals surface area (Å²) in [6.07, 6.45) is 0. The highest BCUT2D eigenvalue weighted by molar-refractivity contribution is 9.10. The second kappa shape index (κ2) is 8.62. The summed E-state index contributed by atoms with van der Waals surface area (Å²) in [6.45, 7) is 3.89. The van der Waals surface area contributed by atoms with Crippen LogP contribution in [0.15, 0.2) is 40.9 Å². The monoisotopic (exact) mass is 423 g/mol. The molecule has 1 fully saturated rings. The molecule has 0 bridgehead atoms. The van der Waals surface area contributed by atoms with Gasteiger partial charge in [0.1, 0.15) is 23.7 Å². The molecule has 1 N–H and O–H groups in total. The Hall–Kier alpha value is -1.96. The van der Waals surface area contributed by atoms with Crippen LogP contribution in [0.5, 0.6) is 5.75 Å². The Morgan fingerprint density at radius 2 is 1.92 bits per heavy atom. The Bertz CT molecular complexity index is 776. The van der Waals surface area contributed by atoms with E-state index >= 15 is 0 Å². The summed E-state index contributed by atoms with van der Waals surface area (Å²) >= 11 is 3.46. The van der Waals surface area contributed by atoms with E-state index in [1.165, 1.54) is 12.1 Å². The molecule has 7 heteroatoms. The molecule has 0 aliphatic carbocycles. The fraction of sp³-hybridized carbons (Fsp3) is 0.316. The molecule has 2 aromatic carbocycles. The Morgan fingerprint density at radius 1 is 1.23 bits per heavy atom. The summed E-state index contributed by atoms with van der Waals surface area (Å²) in [5, 5.41) is 9.46. The summed E-state index contributed by atoms with van der Waals surface area (Å²) < 4.78 is 24.8. The van der Waals surface area contributed by atoms with E-state index in [4.69, 9.17) is 9.47 Å². The fourth-order valence-electron chi connectivity index (χ4n) is 2.75. The standard InChI is InChI=1S/C19H19BrFNO4/c20-17-10-16(19(23)24)18(26-12-13-1-3-15(21)4-2-13)9-14(17)11-22-5-7-25-8-6-22/h1-4,9-10H,5-8,11-12H2,(H,23,24). The summed E-state index contributed by atoms with van der Waals surface area (Å²) in [4.78, 5) is 13.8. The van der Waals surface area contributed by atoms with Crippen LogP contribution >= 0.6 is 15.9 Å². The minimum Gasteiger partial charge on any atom is -0.488 e. The SMILES string of the molecule is O=C(O)c1cc(Br)c(CN2CCOCC2)cc1OCc1ccc(F)cc1. The zero-order valence-corrected chi connectivity index (χ0v) is 15.7. The minimum absolute atomic E-state index is 0.0877. The van der Waals surface area contributed by atoms with Crippen molar-refractivity contribution in [1.29, 1.82) is 0 Å². The molecular weight excluding hydrogens is 405 g/mol. The average molecular weight is 424 g/mol. The number of halogens is 2. The number of hydrogen-bond donors (Lipinski definition) is 1. The Kier molecular flexibility index (Phi) is 6.24. The van der Waals surface area contributed by atoms with Gasteiger partial charge < -0.3 is 14.6 Å². The molecule has 0 amide bonds. The third-order valence-corrected chi connectivity index (χ3v) is 4.92. The predicted molar refractivity (Wildman–Crippen MR) is 97.9 cm³/mol. The number of rotatable bonds is 6. The lowest BCUT2D eigenvalue weighted by Gasteiger charge is -2.27. The van der Waals surface area contributed by atoms with Crippen molar-refractivity contribution >= 4 is 21.9 Å². The van der Waals surface area contributed by atoms with E-state index in [9.17, 15) is 14.3 Å². The molecule has 2 aromatic rings. The van der Waals surface area contributed by atoms with Gasteiger partial charge in [0.05, 0.1) is 13.2 Å². The lowest BCUT2D eigenvalue weighted by atomic mass is 10.1. The van der Waals surface area contributed by atoms with E-state index in [0.717, 1.165) is 28.7 Å². The molecule has 138 valence electrons. The maximum Gasteiger partial charge on any atom is 0.339 e. The molecule has 0 spiro atoms. The maximum atomic E-state index is 13.0. The van der Waals surface area contributed by atoms with Gasteiger partial charge in [-0.3, -0.25) is 4.90 Å². The van der Waals surface area contributed by atoms with Gasteiger partial charge in [-0.05, 0) is 35.4 Å². The van der Waals surface area contributed by atoms with Crippen molar-refractivity contribution < 1.29 is 23.8 Å². The molecule has 0 unspecified atom stereocenters. The number of carbonyl (C=O) groups is 1. The number of ether oxygens (including phenoxy) is 2.